The van der Waals surface area contributed by atoms with E-state index in [0.717, 1.165) is 16.5 Å². The normalized spacial score (nSPS) is 14.8. The first-order valence-corrected chi connectivity index (χ1v) is 14.2. The van der Waals surface area contributed by atoms with E-state index in [2.05, 4.69) is 14.4 Å². The molecule has 1 atom stereocenters. The van der Waals surface area contributed by atoms with E-state index in [4.69, 9.17) is 11.1 Å². The molecule has 0 radical (unpaired) electrons. The molecule has 2 aromatic carbocycles. The van der Waals surface area contributed by atoms with E-state index in [-0.39, 0.29) is 30.6 Å². The molecule has 1 fully saturated rings. The van der Waals surface area contributed by atoms with Gasteiger partial charge in [-0.05, 0) is 29.5 Å². The third-order valence-electron chi connectivity index (χ3n) is 6.72. The third kappa shape index (κ3) is 7.37. The van der Waals surface area contributed by atoms with Crippen molar-refractivity contribution in [3.63, 3.8) is 0 Å². The topological polar surface area (TPSA) is 162 Å². The van der Waals surface area contributed by atoms with Crippen LogP contribution in [0, 0.1) is 5.41 Å². The number of hydrogen-bond acceptors (Lipinski definition) is 6. The van der Waals surface area contributed by atoms with Crippen LogP contribution >= 0.6 is 0 Å². The van der Waals surface area contributed by atoms with Crippen LogP contribution in [0.25, 0.3) is 10.8 Å². The number of amides is 2. The molecule has 0 saturated carbocycles. The molecule has 4 rings (SSSR count). The summed E-state index contributed by atoms with van der Waals surface area (Å²) in [7, 11) is -4.07. The molecule has 2 amide bonds. The second kappa shape index (κ2) is 12.3. The van der Waals surface area contributed by atoms with Gasteiger partial charge in [-0.15, -0.1) is 0 Å². The number of pyridine rings is 1. The van der Waals surface area contributed by atoms with Crippen molar-refractivity contribution in [3.8, 4) is 0 Å². The van der Waals surface area contributed by atoms with Gasteiger partial charge in [-0.25, -0.2) is 4.72 Å². The first-order valence-electron chi connectivity index (χ1n) is 12.7. The molecule has 3 aromatic rings. The van der Waals surface area contributed by atoms with Gasteiger partial charge < -0.3 is 15.5 Å². The Kier molecular flexibility index (Phi) is 8.90. The number of carbonyl (C=O) groups excluding carboxylic acids is 2. The van der Waals surface area contributed by atoms with Crippen molar-refractivity contribution in [1.82, 2.24) is 24.2 Å². The standard InChI is InChI=1S/C27H33N7O4S/c1-19(35)33-13-15-34(16-14-33)27(36)25(18-20-5-4-7-22(17-20)26(28)29)32-39(37,38)31-12-10-24-23-8-3-2-6-21(23)9-11-30-24/h2-9,11,17,25,31-32H,10,12-16,18H2,1H3,(H3,28,29). The van der Waals surface area contributed by atoms with E-state index < -0.39 is 16.3 Å². The summed E-state index contributed by atoms with van der Waals surface area (Å²) in [5.74, 6) is -0.567. The van der Waals surface area contributed by atoms with Crippen molar-refractivity contribution < 1.29 is 18.0 Å². The van der Waals surface area contributed by atoms with Gasteiger partial charge in [0, 0.05) is 68.9 Å². The highest BCUT2D eigenvalue weighted by Crippen LogP contribution is 2.17. The molecule has 1 saturated heterocycles. The maximum absolute atomic E-state index is 13.5. The largest absolute Gasteiger partial charge is 0.384 e. The Bertz CT molecular complexity index is 1460. The van der Waals surface area contributed by atoms with Crippen LogP contribution in [0.2, 0.25) is 0 Å². The van der Waals surface area contributed by atoms with Gasteiger partial charge in [0.05, 0.1) is 0 Å². The van der Waals surface area contributed by atoms with Gasteiger partial charge in [0.25, 0.3) is 10.2 Å². The van der Waals surface area contributed by atoms with Crippen LogP contribution in [0.4, 0.5) is 0 Å². The first-order chi connectivity index (χ1) is 18.6. The summed E-state index contributed by atoms with van der Waals surface area (Å²) in [6.45, 7) is 2.96. The summed E-state index contributed by atoms with van der Waals surface area (Å²) in [5, 5.41) is 9.67. The van der Waals surface area contributed by atoms with Crippen molar-refractivity contribution in [2.45, 2.75) is 25.8 Å². The maximum Gasteiger partial charge on any atom is 0.277 e. The molecule has 0 aliphatic carbocycles. The fraction of sp³-hybridized carbons (Fsp3) is 0.333. The summed E-state index contributed by atoms with van der Waals surface area (Å²) in [6.07, 6.45) is 2.13. The number of rotatable bonds is 10. The van der Waals surface area contributed by atoms with E-state index in [1.165, 1.54) is 6.92 Å². The number of aromatic nitrogens is 1. The van der Waals surface area contributed by atoms with Gasteiger partial charge in [0.15, 0.2) is 0 Å². The van der Waals surface area contributed by atoms with E-state index >= 15 is 0 Å². The highest BCUT2D eigenvalue weighted by atomic mass is 32.2. The summed E-state index contributed by atoms with van der Waals surface area (Å²) in [5.41, 5.74) is 7.53. The number of amidine groups is 1. The molecule has 206 valence electrons. The Morgan fingerprint density at radius 2 is 1.77 bits per heavy atom. The minimum atomic E-state index is -4.07. The van der Waals surface area contributed by atoms with Crippen molar-refractivity contribution >= 4 is 38.6 Å². The molecular formula is C27H33N7O4S. The zero-order valence-electron chi connectivity index (χ0n) is 21.8. The molecule has 1 aliphatic rings. The second-order valence-electron chi connectivity index (χ2n) is 9.45. The number of hydrogen-bond donors (Lipinski definition) is 4. The van der Waals surface area contributed by atoms with Crippen LogP contribution in [-0.2, 0) is 32.6 Å². The van der Waals surface area contributed by atoms with E-state index in [9.17, 15) is 18.0 Å². The van der Waals surface area contributed by atoms with E-state index in [1.807, 2.05) is 30.3 Å². The summed E-state index contributed by atoms with van der Waals surface area (Å²) in [4.78, 5) is 32.8. The van der Waals surface area contributed by atoms with Crippen LogP contribution in [0.1, 0.15) is 23.7 Å². The number of nitrogens with one attached hydrogen (secondary N) is 3. The highest BCUT2D eigenvalue weighted by molar-refractivity contribution is 7.87. The molecule has 0 spiro atoms. The fourth-order valence-electron chi connectivity index (χ4n) is 4.66. The van der Waals surface area contributed by atoms with Gasteiger partial charge in [-0.3, -0.25) is 20.0 Å². The average molecular weight is 552 g/mol. The SMILES string of the molecule is CC(=O)N1CCN(C(=O)C(Cc2cccc(C(=N)N)c2)NS(=O)(=O)NCCc2nccc3ccccc23)CC1. The van der Waals surface area contributed by atoms with Crippen LogP contribution in [-0.4, -0.2) is 79.6 Å². The Morgan fingerprint density at radius 1 is 1.05 bits per heavy atom. The van der Waals surface area contributed by atoms with Crippen LogP contribution in [0.3, 0.4) is 0 Å². The van der Waals surface area contributed by atoms with E-state index in [1.54, 1.807) is 40.3 Å². The smallest absolute Gasteiger partial charge is 0.277 e. The molecule has 1 aromatic heterocycles. The lowest BCUT2D eigenvalue weighted by Crippen LogP contribution is -2.57. The average Bonchev–Trinajstić information content (AvgIpc) is 2.92. The molecule has 11 nitrogen and oxygen atoms in total. The van der Waals surface area contributed by atoms with Gasteiger partial charge in [0.2, 0.25) is 11.8 Å². The maximum atomic E-state index is 13.5. The molecule has 1 aliphatic heterocycles. The van der Waals surface area contributed by atoms with Gasteiger partial charge in [0.1, 0.15) is 11.9 Å². The zero-order valence-corrected chi connectivity index (χ0v) is 22.6. The predicted molar refractivity (Wildman–Crippen MR) is 149 cm³/mol. The van der Waals surface area contributed by atoms with Gasteiger partial charge >= 0.3 is 0 Å². The fourth-order valence-corrected chi connectivity index (χ4v) is 5.67. The Morgan fingerprint density at radius 3 is 2.49 bits per heavy atom. The number of benzene rings is 2. The first kappa shape index (κ1) is 28.1. The lowest BCUT2D eigenvalue weighted by Gasteiger charge is -2.36. The van der Waals surface area contributed by atoms with Gasteiger partial charge in [-0.2, -0.15) is 13.1 Å². The van der Waals surface area contributed by atoms with Crippen LogP contribution in [0.15, 0.2) is 60.8 Å². The van der Waals surface area contributed by atoms with Crippen molar-refractivity contribution in [2.75, 3.05) is 32.7 Å². The van der Waals surface area contributed by atoms with Crippen LogP contribution in [0.5, 0.6) is 0 Å². The number of fused-ring (bicyclic) bond motifs is 1. The minimum absolute atomic E-state index is 0.0646. The van der Waals surface area contributed by atoms with Crippen molar-refractivity contribution in [3.05, 3.63) is 77.6 Å². The third-order valence-corrected chi connectivity index (χ3v) is 7.90. The summed E-state index contributed by atoms with van der Waals surface area (Å²) < 4.78 is 31.2. The Hall–Kier alpha value is -3.87. The molecular weight excluding hydrogens is 518 g/mol. The summed E-state index contributed by atoms with van der Waals surface area (Å²) in [6, 6.07) is 15.4. The predicted octanol–water partition coefficient (Wildman–Crippen LogP) is 0.787. The molecule has 0 bridgehead atoms. The lowest BCUT2D eigenvalue weighted by atomic mass is 10.0. The molecule has 39 heavy (non-hydrogen) atoms. The Balaban J connectivity index is 1.47. The monoisotopic (exact) mass is 551 g/mol. The van der Waals surface area contributed by atoms with Crippen molar-refractivity contribution in [1.29, 1.82) is 5.41 Å². The molecule has 12 heteroatoms. The molecule has 5 N–H and O–H groups in total. The van der Waals surface area contributed by atoms with Crippen molar-refractivity contribution in [2.24, 2.45) is 5.73 Å². The minimum Gasteiger partial charge on any atom is -0.384 e. The lowest BCUT2D eigenvalue weighted by molar-refractivity contribution is -0.139. The number of carbonyl (C=O) groups is 2. The summed E-state index contributed by atoms with van der Waals surface area (Å²) >= 11 is 0. The van der Waals surface area contributed by atoms with Crippen LogP contribution < -0.4 is 15.2 Å². The molecule has 2 heterocycles. The number of nitrogen functional groups attached to an aromatic ring is 1. The zero-order chi connectivity index (χ0) is 28.0. The second-order valence-corrected chi connectivity index (χ2v) is 11.0. The van der Waals surface area contributed by atoms with E-state index in [0.29, 0.717) is 43.7 Å². The number of piperazine rings is 1. The molecule has 1 unspecified atom stereocenters. The number of nitrogens with two attached hydrogens (primary N) is 1. The van der Waals surface area contributed by atoms with Gasteiger partial charge in [-0.1, -0.05) is 42.5 Å². The quantitative estimate of drug-likeness (QED) is 0.215. The highest BCUT2D eigenvalue weighted by Gasteiger charge is 2.31. The Labute approximate surface area is 228 Å². The number of nitrogens with zero attached hydrogens (tertiary/aromatic N) is 3.